The molecule has 0 saturated carbocycles. The minimum atomic E-state index is -0.652. The molecule has 1 fully saturated rings. The van der Waals surface area contributed by atoms with Crippen LogP contribution in [0.4, 0.5) is 0 Å². The third-order valence-electron chi connectivity index (χ3n) is 2.66. The van der Waals surface area contributed by atoms with Crippen molar-refractivity contribution in [2.75, 3.05) is 19.7 Å². The van der Waals surface area contributed by atoms with Gasteiger partial charge in [-0.3, -0.25) is 9.69 Å². The van der Waals surface area contributed by atoms with Gasteiger partial charge in [0.05, 0.1) is 12.2 Å². The van der Waals surface area contributed by atoms with Gasteiger partial charge in [0.1, 0.15) is 6.04 Å². The molecule has 0 bridgehead atoms. The molecule has 4 nitrogen and oxygen atoms in total. The van der Waals surface area contributed by atoms with E-state index in [-0.39, 0.29) is 12.0 Å². The molecule has 0 radical (unpaired) electrons. The van der Waals surface area contributed by atoms with E-state index in [9.17, 15) is 9.90 Å². The van der Waals surface area contributed by atoms with Gasteiger partial charge in [0, 0.05) is 13.1 Å². The third-order valence-corrected chi connectivity index (χ3v) is 2.66. The van der Waals surface area contributed by atoms with E-state index >= 15 is 0 Å². The zero-order chi connectivity index (χ0) is 10.8. The van der Waals surface area contributed by atoms with Crippen LogP contribution in [0, 0.1) is 0 Å². The van der Waals surface area contributed by atoms with E-state index in [1.54, 1.807) is 13.8 Å². The largest absolute Gasteiger partial charge is 0.465 e. The number of rotatable bonds is 3. The highest BCUT2D eigenvalue weighted by molar-refractivity contribution is 5.75. The summed E-state index contributed by atoms with van der Waals surface area (Å²) in [7, 11) is 0. The second-order valence-electron chi connectivity index (χ2n) is 4.15. The maximum atomic E-state index is 11.4. The Kier molecular flexibility index (Phi) is 3.50. The van der Waals surface area contributed by atoms with Gasteiger partial charge < -0.3 is 9.84 Å². The molecule has 0 aromatic carbocycles. The van der Waals surface area contributed by atoms with Crippen LogP contribution in [-0.4, -0.2) is 47.3 Å². The maximum Gasteiger partial charge on any atom is 0.323 e. The van der Waals surface area contributed by atoms with Crippen molar-refractivity contribution >= 4 is 5.97 Å². The first-order valence-corrected chi connectivity index (χ1v) is 5.09. The fourth-order valence-corrected chi connectivity index (χ4v) is 1.72. The minimum absolute atomic E-state index is 0.204. The Morgan fingerprint density at radius 1 is 1.71 bits per heavy atom. The molecule has 0 aliphatic carbocycles. The summed E-state index contributed by atoms with van der Waals surface area (Å²) < 4.78 is 4.92. The minimum Gasteiger partial charge on any atom is -0.465 e. The van der Waals surface area contributed by atoms with Gasteiger partial charge in [-0.1, -0.05) is 0 Å². The van der Waals surface area contributed by atoms with E-state index in [1.807, 2.05) is 11.8 Å². The summed E-state index contributed by atoms with van der Waals surface area (Å²) in [5.74, 6) is -0.204. The molecule has 2 atom stereocenters. The van der Waals surface area contributed by atoms with E-state index < -0.39 is 5.60 Å². The number of carbonyl (C=O) groups is 1. The van der Waals surface area contributed by atoms with Crippen molar-refractivity contribution in [1.82, 2.24) is 4.90 Å². The quantitative estimate of drug-likeness (QED) is 0.671. The number of likely N-dealkylation sites (tertiary alicyclic amines) is 1. The SMILES string of the molecule is CCOC(=O)C(C)N1CCC(C)(O)C1. The highest BCUT2D eigenvalue weighted by atomic mass is 16.5. The lowest BCUT2D eigenvalue weighted by Gasteiger charge is -2.23. The zero-order valence-electron chi connectivity index (χ0n) is 9.12. The number of ether oxygens (including phenoxy) is 1. The molecule has 82 valence electrons. The Morgan fingerprint density at radius 2 is 2.36 bits per heavy atom. The zero-order valence-corrected chi connectivity index (χ0v) is 9.12. The second-order valence-corrected chi connectivity index (χ2v) is 4.15. The van der Waals surface area contributed by atoms with Gasteiger partial charge in [0.25, 0.3) is 0 Å². The normalized spacial score (nSPS) is 30.3. The summed E-state index contributed by atoms with van der Waals surface area (Å²) in [5.41, 5.74) is -0.652. The van der Waals surface area contributed by atoms with Gasteiger partial charge in [0.2, 0.25) is 0 Å². The highest BCUT2D eigenvalue weighted by Gasteiger charge is 2.36. The lowest BCUT2D eigenvalue weighted by molar-refractivity contribution is -0.148. The van der Waals surface area contributed by atoms with Crippen molar-refractivity contribution in [3.63, 3.8) is 0 Å². The van der Waals surface area contributed by atoms with Crippen LogP contribution in [0.2, 0.25) is 0 Å². The van der Waals surface area contributed by atoms with E-state index in [0.29, 0.717) is 13.2 Å². The number of β-amino-alcohol motifs (C(OH)–C–C–N with tert-alkyl or cyclic N) is 1. The first-order chi connectivity index (χ1) is 6.46. The number of nitrogens with zero attached hydrogens (tertiary/aromatic N) is 1. The molecule has 0 aromatic rings. The number of esters is 1. The van der Waals surface area contributed by atoms with E-state index in [2.05, 4.69) is 0 Å². The fourth-order valence-electron chi connectivity index (χ4n) is 1.72. The van der Waals surface area contributed by atoms with Crippen molar-refractivity contribution < 1.29 is 14.6 Å². The Bertz CT molecular complexity index is 215. The maximum absolute atomic E-state index is 11.4. The molecular formula is C10H19NO3. The summed E-state index contributed by atoms with van der Waals surface area (Å²) >= 11 is 0. The first kappa shape index (κ1) is 11.5. The Balaban J connectivity index is 2.46. The van der Waals surface area contributed by atoms with Crippen molar-refractivity contribution in [2.45, 2.75) is 38.8 Å². The Morgan fingerprint density at radius 3 is 2.79 bits per heavy atom. The molecule has 1 aliphatic heterocycles. The van der Waals surface area contributed by atoms with E-state index in [1.165, 1.54) is 0 Å². The van der Waals surface area contributed by atoms with Crippen LogP contribution in [0.15, 0.2) is 0 Å². The summed E-state index contributed by atoms with van der Waals surface area (Å²) in [6, 6.07) is -0.246. The third kappa shape index (κ3) is 2.69. The van der Waals surface area contributed by atoms with Crippen LogP contribution in [0.1, 0.15) is 27.2 Å². The lowest BCUT2D eigenvalue weighted by Crippen LogP contribution is -2.40. The van der Waals surface area contributed by atoms with Gasteiger partial charge in [-0.2, -0.15) is 0 Å². The predicted octanol–water partition coefficient (Wildman–Crippen LogP) is 0.395. The van der Waals surface area contributed by atoms with E-state index in [0.717, 1.165) is 13.0 Å². The van der Waals surface area contributed by atoms with Gasteiger partial charge in [0.15, 0.2) is 0 Å². The second kappa shape index (κ2) is 4.28. The average molecular weight is 201 g/mol. The molecule has 0 spiro atoms. The molecule has 1 saturated heterocycles. The van der Waals surface area contributed by atoms with Crippen molar-refractivity contribution in [3.05, 3.63) is 0 Å². The van der Waals surface area contributed by atoms with Crippen LogP contribution in [0.5, 0.6) is 0 Å². The molecule has 2 unspecified atom stereocenters. The van der Waals surface area contributed by atoms with Gasteiger partial charge in [-0.25, -0.2) is 0 Å². The summed E-state index contributed by atoms with van der Waals surface area (Å²) in [6.45, 7) is 7.13. The van der Waals surface area contributed by atoms with Crippen molar-refractivity contribution in [2.24, 2.45) is 0 Å². The predicted molar refractivity (Wildman–Crippen MR) is 52.9 cm³/mol. The highest BCUT2D eigenvalue weighted by Crippen LogP contribution is 2.22. The Hall–Kier alpha value is -0.610. The van der Waals surface area contributed by atoms with Gasteiger partial charge in [-0.15, -0.1) is 0 Å². The molecule has 1 heterocycles. The topological polar surface area (TPSA) is 49.8 Å². The van der Waals surface area contributed by atoms with Gasteiger partial charge in [-0.05, 0) is 27.2 Å². The lowest BCUT2D eigenvalue weighted by atomic mass is 10.1. The average Bonchev–Trinajstić information content (AvgIpc) is 2.45. The smallest absolute Gasteiger partial charge is 0.323 e. The molecular weight excluding hydrogens is 182 g/mol. The number of hydrogen-bond donors (Lipinski definition) is 1. The van der Waals surface area contributed by atoms with Crippen molar-refractivity contribution in [3.8, 4) is 0 Å². The van der Waals surface area contributed by atoms with Crippen molar-refractivity contribution in [1.29, 1.82) is 0 Å². The molecule has 1 aliphatic rings. The Labute approximate surface area is 84.8 Å². The monoisotopic (exact) mass is 201 g/mol. The number of hydrogen-bond acceptors (Lipinski definition) is 4. The van der Waals surface area contributed by atoms with Crippen LogP contribution in [0.25, 0.3) is 0 Å². The number of carbonyl (C=O) groups excluding carboxylic acids is 1. The molecule has 1 N–H and O–H groups in total. The van der Waals surface area contributed by atoms with Crippen LogP contribution >= 0.6 is 0 Å². The molecule has 14 heavy (non-hydrogen) atoms. The van der Waals surface area contributed by atoms with Crippen LogP contribution in [0.3, 0.4) is 0 Å². The van der Waals surface area contributed by atoms with Crippen LogP contribution in [-0.2, 0) is 9.53 Å². The molecule has 4 heteroatoms. The standard InChI is InChI=1S/C10H19NO3/c1-4-14-9(12)8(2)11-6-5-10(3,13)7-11/h8,13H,4-7H2,1-3H3. The summed E-state index contributed by atoms with van der Waals surface area (Å²) in [4.78, 5) is 13.4. The molecule has 0 amide bonds. The summed E-state index contributed by atoms with van der Waals surface area (Å²) in [5, 5.41) is 9.73. The fraction of sp³-hybridized carbons (Fsp3) is 0.900. The molecule has 1 rings (SSSR count). The first-order valence-electron chi connectivity index (χ1n) is 5.09. The van der Waals surface area contributed by atoms with E-state index in [4.69, 9.17) is 4.74 Å². The molecule has 0 aromatic heterocycles. The van der Waals surface area contributed by atoms with Gasteiger partial charge >= 0.3 is 5.97 Å². The number of aliphatic hydroxyl groups is 1. The summed E-state index contributed by atoms with van der Waals surface area (Å²) in [6.07, 6.45) is 0.719. The van der Waals surface area contributed by atoms with Crippen LogP contribution < -0.4 is 0 Å².